The monoisotopic (exact) mass is 386 g/mol. The van der Waals surface area contributed by atoms with Gasteiger partial charge >= 0.3 is 0 Å². The Labute approximate surface area is 151 Å². The zero-order valence-corrected chi connectivity index (χ0v) is 15.5. The number of hydrogen-bond acceptors (Lipinski definition) is 5. The molecule has 0 unspecified atom stereocenters. The van der Waals surface area contributed by atoms with Gasteiger partial charge in [0.2, 0.25) is 5.91 Å². The zero-order chi connectivity index (χ0) is 18.4. The first-order valence-electron chi connectivity index (χ1n) is 7.85. The quantitative estimate of drug-likeness (QED) is 0.751. The highest BCUT2D eigenvalue weighted by Gasteiger charge is 2.48. The zero-order valence-electron chi connectivity index (χ0n) is 13.9. The minimum absolute atomic E-state index is 0.111. The summed E-state index contributed by atoms with van der Waals surface area (Å²) in [6.07, 6.45) is 0. The number of carbonyl (C=O) groups excluding carboxylic acids is 2. The van der Waals surface area contributed by atoms with E-state index in [0.717, 1.165) is 0 Å². The Morgan fingerprint density at radius 2 is 1.72 bits per heavy atom. The van der Waals surface area contributed by atoms with Crippen LogP contribution in [-0.4, -0.2) is 73.8 Å². The molecule has 2 fully saturated rings. The Balaban J connectivity index is 1.93. The Morgan fingerprint density at radius 1 is 1.12 bits per heavy atom. The van der Waals surface area contributed by atoms with Crippen LogP contribution in [0.25, 0.3) is 0 Å². The Kier molecular flexibility index (Phi) is 4.68. The van der Waals surface area contributed by atoms with Gasteiger partial charge in [-0.1, -0.05) is 11.6 Å². The number of methoxy groups -OCH3 is 1. The van der Waals surface area contributed by atoms with Crippen LogP contribution in [0.3, 0.4) is 0 Å². The van der Waals surface area contributed by atoms with Crippen molar-refractivity contribution < 1.29 is 22.7 Å². The van der Waals surface area contributed by atoms with Crippen molar-refractivity contribution in [2.45, 2.75) is 19.0 Å². The average molecular weight is 387 g/mol. The topological polar surface area (TPSA) is 84.0 Å². The Hall–Kier alpha value is -1.80. The largest absolute Gasteiger partial charge is 0.497 e. The molecule has 0 N–H and O–H groups in total. The van der Waals surface area contributed by atoms with E-state index >= 15 is 0 Å². The van der Waals surface area contributed by atoms with Gasteiger partial charge in [0, 0.05) is 30.6 Å². The van der Waals surface area contributed by atoms with Crippen LogP contribution in [0.2, 0.25) is 5.02 Å². The number of ether oxygens (including phenoxy) is 1. The average Bonchev–Trinajstić information content (AvgIpc) is 2.86. The molecule has 1 aromatic rings. The Morgan fingerprint density at radius 3 is 2.32 bits per heavy atom. The lowest BCUT2D eigenvalue weighted by molar-refractivity contribution is -0.133. The van der Waals surface area contributed by atoms with Crippen molar-refractivity contribution in [3.63, 3.8) is 0 Å². The Bertz CT molecular complexity index is 826. The highest BCUT2D eigenvalue weighted by atomic mass is 35.5. The van der Waals surface area contributed by atoms with Crippen LogP contribution < -0.4 is 4.74 Å². The number of halogens is 1. The van der Waals surface area contributed by atoms with Crippen LogP contribution >= 0.6 is 11.6 Å². The normalized spacial score (nSPS) is 24.8. The number of sulfone groups is 1. The SMILES string of the molecule is COc1cc(Cl)cc(C(=O)N2CCN(C(C)=O)[C@@H]3CS(=O)(=O)C[C@@H]32)c1. The first-order chi connectivity index (χ1) is 11.7. The summed E-state index contributed by atoms with van der Waals surface area (Å²) in [6, 6.07) is 3.66. The lowest BCUT2D eigenvalue weighted by Crippen LogP contribution is -2.61. The molecule has 2 amide bonds. The molecular formula is C16H19ClN2O5S. The fourth-order valence-electron chi connectivity index (χ4n) is 3.57. The number of amides is 2. The van der Waals surface area contributed by atoms with Crippen LogP contribution in [0.1, 0.15) is 17.3 Å². The fraction of sp³-hybridized carbons (Fsp3) is 0.500. The number of nitrogens with zero attached hydrogens (tertiary/aromatic N) is 2. The van der Waals surface area contributed by atoms with Gasteiger partial charge in [0.25, 0.3) is 5.91 Å². The summed E-state index contributed by atoms with van der Waals surface area (Å²) in [5.41, 5.74) is 0.337. The predicted molar refractivity (Wildman–Crippen MR) is 92.7 cm³/mol. The van der Waals surface area contributed by atoms with Gasteiger partial charge in [-0.3, -0.25) is 9.59 Å². The van der Waals surface area contributed by atoms with Crippen molar-refractivity contribution in [3.05, 3.63) is 28.8 Å². The second kappa shape index (κ2) is 6.49. The highest BCUT2D eigenvalue weighted by molar-refractivity contribution is 7.91. The molecule has 25 heavy (non-hydrogen) atoms. The van der Waals surface area contributed by atoms with Gasteiger partial charge in [0.1, 0.15) is 5.75 Å². The molecule has 3 rings (SSSR count). The molecule has 1 aromatic carbocycles. The standard InChI is InChI=1S/C16H19ClN2O5S/c1-10(20)18-3-4-19(15-9-25(22,23)8-14(15)18)16(21)11-5-12(17)7-13(6-11)24-2/h5-7,14-15H,3-4,8-9H2,1-2H3/t14-,15+/m1/s1. The van der Waals surface area contributed by atoms with E-state index in [-0.39, 0.29) is 29.9 Å². The van der Waals surface area contributed by atoms with Crippen molar-refractivity contribution in [2.75, 3.05) is 31.7 Å². The van der Waals surface area contributed by atoms with Crippen LogP contribution in [0.15, 0.2) is 18.2 Å². The van der Waals surface area contributed by atoms with Gasteiger partial charge in [-0.25, -0.2) is 8.42 Å². The van der Waals surface area contributed by atoms with Gasteiger partial charge in [-0.15, -0.1) is 0 Å². The van der Waals surface area contributed by atoms with Crippen molar-refractivity contribution >= 4 is 33.3 Å². The maximum Gasteiger partial charge on any atom is 0.254 e. The van der Waals surface area contributed by atoms with E-state index in [9.17, 15) is 18.0 Å². The highest BCUT2D eigenvalue weighted by Crippen LogP contribution is 2.29. The number of benzene rings is 1. The molecule has 0 spiro atoms. The maximum absolute atomic E-state index is 13.0. The van der Waals surface area contributed by atoms with Crippen molar-refractivity contribution in [1.82, 2.24) is 9.80 Å². The van der Waals surface area contributed by atoms with Gasteiger partial charge in [-0.2, -0.15) is 0 Å². The second-order valence-corrected chi connectivity index (χ2v) is 8.89. The smallest absolute Gasteiger partial charge is 0.254 e. The van der Waals surface area contributed by atoms with E-state index in [4.69, 9.17) is 16.3 Å². The summed E-state index contributed by atoms with van der Waals surface area (Å²) in [4.78, 5) is 27.9. The fourth-order valence-corrected chi connectivity index (χ4v) is 5.77. The number of fused-ring (bicyclic) bond motifs is 1. The first-order valence-corrected chi connectivity index (χ1v) is 10.0. The summed E-state index contributed by atoms with van der Waals surface area (Å²) in [5, 5.41) is 0.362. The molecule has 9 heteroatoms. The molecule has 0 aliphatic carbocycles. The molecule has 0 radical (unpaired) electrons. The molecule has 136 valence electrons. The van der Waals surface area contributed by atoms with E-state index in [1.807, 2.05) is 0 Å². The van der Waals surface area contributed by atoms with Crippen LogP contribution in [0, 0.1) is 0 Å². The van der Waals surface area contributed by atoms with E-state index in [1.165, 1.54) is 20.1 Å². The number of carbonyl (C=O) groups is 2. The van der Waals surface area contributed by atoms with Crippen molar-refractivity contribution in [1.29, 1.82) is 0 Å². The summed E-state index contributed by atoms with van der Waals surface area (Å²) >= 11 is 6.03. The number of piperazine rings is 1. The predicted octanol–water partition coefficient (Wildman–Crippen LogP) is 0.818. The van der Waals surface area contributed by atoms with E-state index in [1.54, 1.807) is 21.9 Å². The van der Waals surface area contributed by atoms with E-state index in [0.29, 0.717) is 22.9 Å². The van der Waals surface area contributed by atoms with Gasteiger partial charge < -0.3 is 14.5 Å². The van der Waals surface area contributed by atoms with Crippen LogP contribution in [-0.2, 0) is 14.6 Å². The molecule has 2 aliphatic heterocycles. The third-order valence-electron chi connectivity index (χ3n) is 4.70. The summed E-state index contributed by atoms with van der Waals surface area (Å²) in [7, 11) is -1.83. The molecule has 7 nitrogen and oxygen atoms in total. The van der Waals surface area contributed by atoms with Crippen molar-refractivity contribution in [2.24, 2.45) is 0 Å². The molecule has 0 bridgehead atoms. The lowest BCUT2D eigenvalue weighted by atomic mass is 10.0. The summed E-state index contributed by atoms with van der Waals surface area (Å²) in [5.74, 6) is -0.279. The molecule has 2 heterocycles. The van der Waals surface area contributed by atoms with Gasteiger partial charge in [-0.05, 0) is 18.2 Å². The third kappa shape index (κ3) is 3.46. The minimum Gasteiger partial charge on any atom is -0.497 e. The molecular weight excluding hydrogens is 368 g/mol. The first kappa shape index (κ1) is 18.0. The number of hydrogen-bond donors (Lipinski definition) is 0. The molecule has 0 saturated carbocycles. The van der Waals surface area contributed by atoms with Gasteiger partial charge in [0.05, 0.1) is 30.7 Å². The summed E-state index contributed by atoms with van der Waals surface area (Å²) < 4.78 is 29.4. The molecule has 0 aromatic heterocycles. The third-order valence-corrected chi connectivity index (χ3v) is 6.61. The second-order valence-electron chi connectivity index (χ2n) is 6.30. The maximum atomic E-state index is 13.0. The molecule has 2 atom stereocenters. The van der Waals surface area contributed by atoms with E-state index < -0.39 is 21.9 Å². The number of rotatable bonds is 2. The van der Waals surface area contributed by atoms with E-state index in [2.05, 4.69) is 0 Å². The summed E-state index contributed by atoms with van der Waals surface area (Å²) in [6.45, 7) is 2.01. The van der Waals surface area contributed by atoms with Crippen LogP contribution in [0.5, 0.6) is 5.75 Å². The minimum atomic E-state index is -3.30. The van der Waals surface area contributed by atoms with Gasteiger partial charge in [0.15, 0.2) is 9.84 Å². The molecule has 2 saturated heterocycles. The molecule has 2 aliphatic rings. The lowest BCUT2D eigenvalue weighted by Gasteiger charge is -2.43. The van der Waals surface area contributed by atoms with Crippen LogP contribution in [0.4, 0.5) is 0 Å². The van der Waals surface area contributed by atoms with Crippen molar-refractivity contribution in [3.8, 4) is 5.75 Å².